The van der Waals surface area contributed by atoms with Crippen LogP contribution in [-0.2, 0) is 19.1 Å². The molecule has 0 aliphatic heterocycles. The van der Waals surface area contributed by atoms with Gasteiger partial charge in [0.25, 0.3) is 0 Å². The first-order chi connectivity index (χ1) is 9.97. The highest BCUT2D eigenvalue weighted by Gasteiger charge is 2.27. The number of aliphatic hydroxyl groups is 1. The zero-order valence-electron chi connectivity index (χ0n) is 11.9. The molecule has 0 radical (unpaired) electrons. The van der Waals surface area contributed by atoms with Gasteiger partial charge in [0.2, 0.25) is 0 Å². The Morgan fingerprint density at radius 1 is 1.24 bits per heavy atom. The van der Waals surface area contributed by atoms with Crippen molar-refractivity contribution < 1.29 is 9.50 Å². The highest BCUT2D eigenvalue weighted by molar-refractivity contribution is 5.81. The Bertz CT molecular complexity index is 778. The van der Waals surface area contributed by atoms with E-state index in [4.69, 9.17) is 0 Å². The molecule has 4 nitrogen and oxygen atoms in total. The van der Waals surface area contributed by atoms with E-state index >= 15 is 0 Å². The third-order valence-corrected chi connectivity index (χ3v) is 3.63. The molecular weight excluding hydrogens is 269 g/mol. The van der Waals surface area contributed by atoms with Crippen molar-refractivity contribution in [2.24, 2.45) is 7.05 Å². The molecule has 2 heterocycles. The molecule has 0 bridgehead atoms. The monoisotopic (exact) mass is 285 g/mol. The summed E-state index contributed by atoms with van der Waals surface area (Å²) in [6.45, 7) is 1.66. The number of rotatable bonds is 3. The molecule has 0 fully saturated rings. The molecule has 5 heteroatoms. The van der Waals surface area contributed by atoms with E-state index < -0.39 is 11.4 Å². The fraction of sp³-hybridized carbons (Fsp3) is 0.250. The Balaban J connectivity index is 1.99. The number of halogens is 1. The number of aryl methyl sites for hydroxylation is 1. The van der Waals surface area contributed by atoms with Gasteiger partial charge in [0.05, 0.1) is 23.1 Å². The first-order valence-electron chi connectivity index (χ1n) is 6.72. The Kier molecular flexibility index (Phi) is 3.22. The van der Waals surface area contributed by atoms with Gasteiger partial charge >= 0.3 is 0 Å². The molecule has 1 N–H and O–H groups in total. The maximum atomic E-state index is 13.0. The topological polar surface area (TPSA) is 50.9 Å². The zero-order valence-corrected chi connectivity index (χ0v) is 11.9. The second-order valence-corrected chi connectivity index (χ2v) is 5.40. The van der Waals surface area contributed by atoms with Gasteiger partial charge < -0.3 is 5.11 Å². The maximum Gasteiger partial charge on any atom is 0.141 e. The maximum absolute atomic E-state index is 13.0. The van der Waals surface area contributed by atoms with Crippen molar-refractivity contribution in [3.05, 3.63) is 59.8 Å². The van der Waals surface area contributed by atoms with Crippen LogP contribution in [0.3, 0.4) is 0 Å². The minimum Gasteiger partial charge on any atom is -0.383 e. The zero-order chi connectivity index (χ0) is 15.0. The second kappa shape index (κ2) is 4.93. The van der Waals surface area contributed by atoms with Crippen molar-refractivity contribution in [2.45, 2.75) is 18.9 Å². The van der Waals surface area contributed by atoms with Gasteiger partial charge in [-0.2, -0.15) is 5.10 Å². The van der Waals surface area contributed by atoms with Crippen LogP contribution in [-0.4, -0.2) is 19.9 Å². The minimum absolute atomic E-state index is 0.312. The SMILES string of the molecule is Cn1nc(CC(C)(O)c2ccc(F)cn2)c2ccccc21. The van der Waals surface area contributed by atoms with E-state index in [1.54, 1.807) is 11.6 Å². The molecule has 0 aliphatic carbocycles. The Morgan fingerprint density at radius 3 is 2.71 bits per heavy atom. The van der Waals surface area contributed by atoms with Gasteiger partial charge in [-0.05, 0) is 25.1 Å². The van der Waals surface area contributed by atoms with Crippen molar-refractivity contribution in [1.82, 2.24) is 14.8 Å². The number of para-hydroxylation sites is 1. The molecule has 108 valence electrons. The van der Waals surface area contributed by atoms with Gasteiger partial charge in [-0.1, -0.05) is 18.2 Å². The molecule has 3 aromatic rings. The number of fused-ring (bicyclic) bond motifs is 1. The highest BCUT2D eigenvalue weighted by Crippen LogP contribution is 2.27. The summed E-state index contributed by atoms with van der Waals surface area (Å²) in [7, 11) is 1.87. The molecule has 0 spiro atoms. The smallest absolute Gasteiger partial charge is 0.141 e. The van der Waals surface area contributed by atoms with Gasteiger partial charge in [0.1, 0.15) is 11.4 Å². The van der Waals surface area contributed by atoms with E-state index in [1.165, 1.54) is 12.1 Å². The summed E-state index contributed by atoms with van der Waals surface area (Å²) in [5, 5.41) is 16.1. The summed E-state index contributed by atoms with van der Waals surface area (Å²) in [4.78, 5) is 3.97. The summed E-state index contributed by atoms with van der Waals surface area (Å²) in [5.41, 5.74) is 1.03. The van der Waals surface area contributed by atoms with Gasteiger partial charge in [-0.15, -0.1) is 0 Å². The van der Waals surface area contributed by atoms with Crippen molar-refractivity contribution in [3.8, 4) is 0 Å². The Morgan fingerprint density at radius 2 is 2.00 bits per heavy atom. The number of pyridine rings is 1. The Hall–Kier alpha value is -2.27. The van der Waals surface area contributed by atoms with E-state index in [-0.39, 0.29) is 0 Å². The molecule has 3 rings (SSSR count). The van der Waals surface area contributed by atoms with E-state index in [0.29, 0.717) is 12.1 Å². The molecule has 1 aromatic carbocycles. The molecular formula is C16H16FN3O. The summed E-state index contributed by atoms with van der Waals surface area (Å²) >= 11 is 0. The third-order valence-electron chi connectivity index (χ3n) is 3.63. The standard InChI is InChI=1S/C16H16FN3O/c1-16(21,15-8-7-11(17)10-18-15)9-13-12-5-3-4-6-14(12)20(2)19-13/h3-8,10,21H,9H2,1-2H3. The molecule has 0 saturated heterocycles. The van der Waals surface area contributed by atoms with E-state index in [1.807, 2.05) is 31.3 Å². The van der Waals surface area contributed by atoms with Crippen LogP contribution in [0.25, 0.3) is 10.9 Å². The Labute approximate surface area is 121 Å². The van der Waals surface area contributed by atoms with Gasteiger partial charge in [0, 0.05) is 18.9 Å². The first-order valence-corrected chi connectivity index (χ1v) is 6.72. The van der Waals surface area contributed by atoms with Crippen LogP contribution in [0.4, 0.5) is 4.39 Å². The van der Waals surface area contributed by atoms with E-state index in [9.17, 15) is 9.50 Å². The third kappa shape index (κ3) is 2.52. The fourth-order valence-electron chi connectivity index (χ4n) is 2.53. The van der Waals surface area contributed by atoms with Gasteiger partial charge in [-0.25, -0.2) is 4.39 Å². The normalized spacial score (nSPS) is 14.3. The molecule has 21 heavy (non-hydrogen) atoms. The predicted molar refractivity (Wildman–Crippen MR) is 78.2 cm³/mol. The van der Waals surface area contributed by atoms with E-state index in [0.717, 1.165) is 22.8 Å². The average molecular weight is 285 g/mol. The molecule has 0 aliphatic rings. The van der Waals surface area contributed by atoms with Crippen molar-refractivity contribution in [2.75, 3.05) is 0 Å². The second-order valence-electron chi connectivity index (χ2n) is 5.40. The summed E-state index contributed by atoms with van der Waals surface area (Å²) in [5.74, 6) is -0.419. The molecule has 1 atom stereocenters. The van der Waals surface area contributed by atoms with E-state index in [2.05, 4.69) is 10.1 Å². The quantitative estimate of drug-likeness (QED) is 0.804. The van der Waals surface area contributed by atoms with Crippen molar-refractivity contribution in [3.63, 3.8) is 0 Å². The summed E-state index contributed by atoms with van der Waals surface area (Å²) in [6, 6.07) is 10.7. The van der Waals surface area contributed by atoms with Crippen LogP contribution in [0.1, 0.15) is 18.3 Å². The minimum atomic E-state index is -1.20. The number of nitrogens with zero attached hydrogens (tertiary/aromatic N) is 3. The van der Waals surface area contributed by atoms with Crippen molar-refractivity contribution >= 4 is 10.9 Å². The number of aromatic nitrogens is 3. The number of benzene rings is 1. The lowest BCUT2D eigenvalue weighted by atomic mass is 9.94. The molecule has 1 unspecified atom stereocenters. The van der Waals surface area contributed by atoms with Crippen LogP contribution in [0.15, 0.2) is 42.6 Å². The highest BCUT2D eigenvalue weighted by atomic mass is 19.1. The van der Waals surface area contributed by atoms with Crippen molar-refractivity contribution in [1.29, 1.82) is 0 Å². The molecule has 0 amide bonds. The number of hydrogen-bond acceptors (Lipinski definition) is 3. The number of hydrogen-bond donors (Lipinski definition) is 1. The van der Waals surface area contributed by atoms with Crippen LogP contribution in [0.2, 0.25) is 0 Å². The lowest BCUT2D eigenvalue weighted by molar-refractivity contribution is 0.0521. The summed E-state index contributed by atoms with van der Waals surface area (Å²) < 4.78 is 14.7. The molecule has 2 aromatic heterocycles. The predicted octanol–water partition coefficient (Wildman–Crippen LogP) is 2.56. The first kappa shape index (κ1) is 13.7. The molecule has 0 saturated carbocycles. The van der Waals surface area contributed by atoms with Gasteiger partial charge in [-0.3, -0.25) is 9.67 Å². The van der Waals surface area contributed by atoms with Crippen LogP contribution in [0.5, 0.6) is 0 Å². The average Bonchev–Trinajstić information content (AvgIpc) is 2.76. The van der Waals surface area contributed by atoms with Crippen LogP contribution in [0, 0.1) is 5.82 Å². The summed E-state index contributed by atoms with van der Waals surface area (Å²) in [6.07, 6.45) is 1.42. The largest absolute Gasteiger partial charge is 0.383 e. The fourth-order valence-corrected chi connectivity index (χ4v) is 2.53. The van der Waals surface area contributed by atoms with Gasteiger partial charge in [0.15, 0.2) is 0 Å². The van der Waals surface area contributed by atoms with Crippen LogP contribution < -0.4 is 0 Å². The van der Waals surface area contributed by atoms with Crippen LogP contribution >= 0.6 is 0 Å². The lowest BCUT2D eigenvalue weighted by Gasteiger charge is -2.21. The lowest BCUT2D eigenvalue weighted by Crippen LogP contribution is -2.26.